The van der Waals surface area contributed by atoms with Crippen LogP contribution < -0.4 is 14.8 Å². The van der Waals surface area contributed by atoms with Crippen molar-refractivity contribution in [3.63, 3.8) is 0 Å². The van der Waals surface area contributed by atoms with Crippen molar-refractivity contribution in [2.75, 3.05) is 20.8 Å². The monoisotopic (exact) mass is 363 g/mol. The highest BCUT2D eigenvalue weighted by Crippen LogP contribution is 2.30. The second-order valence-corrected chi connectivity index (χ2v) is 6.70. The first kappa shape index (κ1) is 18.8. The number of para-hydroxylation sites is 1. The minimum atomic E-state index is -0.157. The van der Waals surface area contributed by atoms with Gasteiger partial charge in [0, 0.05) is 6.54 Å². The maximum atomic E-state index is 12.6. The molecule has 0 aliphatic rings. The molecule has 0 aliphatic carbocycles. The molecule has 0 aromatic heterocycles. The van der Waals surface area contributed by atoms with Gasteiger partial charge in [0.1, 0.15) is 0 Å². The molecule has 1 atom stereocenters. The van der Waals surface area contributed by atoms with Crippen molar-refractivity contribution in [2.24, 2.45) is 5.92 Å². The van der Waals surface area contributed by atoms with E-state index in [0.29, 0.717) is 29.5 Å². The van der Waals surface area contributed by atoms with Crippen LogP contribution in [0.1, 0.15) is 22.8 Å². The molecule has 4 heteroatoms. The van der Waals surface area contributed by atoms with E-state index in [1.165, 1.54) is 23.4 Å². The van der Waals surface area contributed by atoms with Gasteiger partial charge in [-0.25, -0.2) is 0 Å². The van der Waals surface area contributed by atoms with Crippen LogP contribution in [-0.2, 0) is 6.42 Å². The smallest absolute Gasteiger partial charge is 0.255 e. The average molecular weight is 363 g/mol. The summed E-state index contributed by atoms with van der Waals surface area (Å²) in [6.07, 6.45) is 0.900. The Labute approximate surface area is 160 Å². The summed E-state index contributed by atoms with van der Waals surface area (Å²) in [5.74, 6) is 1.15. The molecule has 0 saturated carbocycles. The van der Waals surface area contributed by atoms with Crippen molar-refractivity contribution >= 4 is 16.7 Å². The van der Waals surface area contributed by atoms with E-state index in [0.717, 1.165) is 6.42 Å². The van der Waals surface area contributed by atoms with Crippen molar-refractivity contribution < 1.29 is 14.3 Å². The molecule has 3 rings (SSSR count). The SMILES string of the molecule is COc1cccc(C(=O)NC[C@H](C)Cc2cccc3ccccc23)c1OC. The lowest BCUT2D eigenvalue weighted by molar-refractivity contribution is 0.0944. The predicted molar refractivity (Wildman–Crippen MR) is 109 cm³/mol. The Balaban J connectivity index is 1.67. The third-order valence-corrected chi connectivity index (χ3v) is 4.71. The van der Waals surface area contributed by atoms with E-state index < -0.39 is 0 Å². The number of fused-ring (bicyclic) bond motifs is 1. The van der Waals surface area contributed by atoms with Gasteiger partial charge in [0.15, 0.2) is 11.5 Å². The number of methoxy groups -OCH3 is 2. The predicted octanol–water partition coefficient (Wildman–Crippen LogP) is 4.47. The molecule has 4 nitrogen and oxygen atoms in total. The third-order valence-electron chi connectivity index (χ3n) is 4.71. The van der Waals surface area contributed by atoms with Crippen LogP contribution in [0.25, 0.3) is 10.8 Å². The molecular formula is C23H25NO3. The number of hydrogen-bond acceptors (Lipinski definition) is 3. The van der Waals surface area contributed by atoms with Crippen LogP contribution in [0.5, 0.6) is 11.5 Å². The lowest BCUT2D eigenvalue weighted by Gasteiger charge is -2.16. The molecule has 0 spiro atoms. The van der Waals surface area contributed by atoms with Crippen molar-refractivity contribution in [3.05, 3.63) is 71.8 Å². The van der Waals surface area contributed by atoms with Crippen LogP contribution in [0.4, 0.5) is 0 Å². The maximum Gasteiger partial charge on any atom is 0.255 e. The summed E-state index contributed by atoms with van der Waals surface area (Å²) < 4.78 is 10.6. The number of carbonyl (C=O) groups is 1. The Hall–Kier alpha value is -3.01. The Morgan fingerprint density at radius 1 is 0.963 bits per heavy atom. The van der Waals surface area contributed by atoms with Gasteiger partial charge in [-0.05, 0) is 40.8 Å². The van der Waals surface area contributed by atoms with Crippen LogP contribution in [-0.4, -0.2) is 26.7 Å². The van der Waals surface area contributed by atoms with Gasteiger partial charge in [-0.1, -0.05) is 55.5 Å². The Morgan fingerprint density at radius 3 is 2.48 bits per heavy atom. The van der Waals surface area contributed by atoms with Gasteiger partial charge in [0.05, 0.1) is 19.8 Å². The molecule has 0 unspecified atom stereocenters. The van der Waals surface area contributed by atoms with E-state index in [2.05, 4.69) is 54.7 Å². The summed E-state index contributed by atoms with van der Waals surface area (Å²) in [5.41, 5.74) is 1.78. The van der Waals surface area contributed by atoms with Gasteiger partial charge in [0.25, 0.3) is 5.91 Å². The second-order valence-electron chi connectivity index (χ2n) is 6.70. The summed E-state index contributed by atoms with van der Waals surface area (Å²) in [7, 11) is 3.10. The van der Waals surface area contributed by atoms with Crippen molar-refractivity contribution in [3.8, 4) is 11.5 Å². The molecule has 0 radical (unpaired) electrons. The summed E-state index contributed by atoms with van der Waals surface area (Å²) in [4.78, 5) is 12.6. The van der Waals surface area contributed by atoms with E-state index in [1.807, 2.05) is 0 Å². The lowest BCUT2D eigenvalue weighted by Crippen LogP contribution is -2.29. The molecule has 0 aliphatic heterocycles. The molecular weight excluding hydrogens is 338 g/mol. The fraction of sp³-hybridized carbons (Fsp3) is 0.261. The molecule has 0 fully saturated rings. The van der Waals surface area contributed by atoms with Crippen molar-refractivity contribution in [2.45, 2.75) is 13.3 Å². The molecule has 1 N–H and O–H groups in total. The quantitative estimate of drug-likeness (QED) is 0.674. The summed E-state index contributed by atoms with van der Waals surface area (Å²) in [6, 6.07) is 20.1. The average Bonchev–Trinajstić information content (AvgIpc) is 2.71. The van der Waals surface area contributed by atoms with E-state index in [4.69, 9.17) is 9.47 Å². The fourth-order valence-corrected chi connectivity index (χ4v) is 3.35. The Bertz CT molecular complexity index is 931. The van der Waals surface area contributed by atoms with Crippen molar-refractivity contribution in [1.82, 2.24) is 5.32 Å². The van der Waals surface area contributed by atoms with E-state index >= 15 is 0 Å². The number of amides is 1. The number of ether oxygens (including phenoxy) is 2. The molecule has 3 aromatic rings. The number of rotatable bonds is 7. The van der Waals surface area contributed by atoms with E-state index in [9.17, 15) is 4.79 Å². The first-order chi connectivity index (χ1) is 13.1. The molecule has 140 valence electrons. The van der Waals surface area contributed by atoms with Gasteiger partial charge >= 0.3 is 0 Å². The zero-order chi connectivity index (χ0) is 19.2. The number of benzene rings is 3. The van der Waals surface area contributed by atoms with Gasteiger partial charge in [-0.2, -0.15) is 0 Å². The zero-order valence-electron chi connectivity index (χ0n) is 16.0. The molecule has 0 bridgehead atoms. The van der Waals surface area contributed by atoms with Crippen LogP contribution in [0.3, 0.4) is 0 Å². The van der Waals surface area contributed by atoms with Crippen LogP contribution in [0, 0.1) is 5.92 Å². The summed E-state index contributed by atoms with van der Waals surface area (Å²) in [6.45, 7) is 2.73. The topological polar surface area (TPSA) is 47.6 Å². The number of hydrogen-bond donors (Lipinski definition) is 1. The summed E-state index contributed by atoms with van der Waals surface area (Å²) in [5, 5.41) is 5.53. The number of nitrogens with one attached hydrogen (secondary N) is 1. The molecule has 3 aromatic carbocycles. The highest BCUT2D eigenvalue weighted by molar-refractivity contribution is 5.97. The zero-order valence-corrected chi connectivity index (χ0v) is 16.0. The van der Waals surface area contributed by atoms with Crippen LogP contribution in [0.2, 0.25) is 0 Å². The maximum absolute atomic E-state index is 12.6. The van der Waals surface area contributed by atoms with Gasteiger partial charge in [-0.3, -0.25) is 4.79 Å². The minimum absolute atomic E-state index is 0.157. The molecule has 0 saturated heterocycles. The first-order valence-corrected chi connectivity index (χ1v) is 9.10. The Kier molecular flexibility index (Phi) is 5.97. The molecule has 1 amide bonds. The summed E-state index contributed by atoms with van der Waals surface area (Å²) >= 11 is 0. The van der Waals surface area contributed by atoms with Crippen molar-refractivity contribution in [1.29, 1.82) is 0 Å². The number of carbonyl (C=O) groups excluding carboxylic acids is 1. The van der Waals surface area contributed by atoms with Crippen LogP contribution in [0.15, 0.2) is 60.7 Å². The normalized spacial score (nSPS) is 11.8. The highest BCUT2D eigenvalue weighted by atomic mass is 16.5. The standard InChI is InChI=1S/C23H25NO3/c1-16(14-18-10-6-9-17-8-4-5-11-19(17)18)15-24-23(25)20-12-7-13-21(26-2)22(20)27-3/h4-13,16H,14-15H2,1-3H3,(H,24,25)/t16-/m1/s1. The van der Waals surface area contributed by atoms with Crippen LogP contribution >= 0.6 is 0 Å². The van der Waals surface area contributed by atoms with E-state index in [1.54, 1.807) is 25.3 Å². The van der Waals surface area contributed by atoms with Gasteiger partial charge < -0.3 is 14.8 Å². The molecule has 0 heterocycles. The van der Waals surface area contributed by atoms with Gasteiger partial charge in [-0.15, -0.1) is 0 Å². The second kappa shape index (κ2) is 8.58. The largest absolute Gasteiger partial charge is 0.493 e. The van der Waals surface area contributed by atoms with Gasteiger partial charge in [0.2, 0.25) is 0 Å². The van der Waals surface area contributed by atoms with E-state index in [-0.39, 0.29) is 5.91 Å². The minimum Gasteiger partial charge on any atom is -0.493 e. The highest BCUT2D eigenvalue weighted by Gasteiger charge is 2.17. The Morgan fingerprint density at radius 2 is 1.70 bits per heavy atom. The third kappa shape index (κ3) is 4.22. The lowest BCUT2D eigenvalue weighted by atomic mass is 9.96. The first-order valence-electron chi connectivity index (χ1n) is 9.10. The molecule has 27 heavy (non-hydrogen) atoms. The fourth-order valence-electron chi connectivity index (χ4n) is 3.35.